The zero-order valence-electron chi connectivity index (χ0n) is 16.9. The number of benzene rings is 2. The van der Waals surface area contributed by atoms with Gasteiger partial charge in [0, 0.05) is 45.5 Å². The van der Waals surface area contributed by atoms with Crippen LogP contribution in [0.1, 0.15) is 37.7 Å². The second-order valence-corrected chi connectivity index (χ2v) is 8.38. The smallest absolute Gasteiger partial charge is 0.254 e. The van der Waals surface area contributed by atoms with E-state index in [1.54, 1.807) is 11.8 Å². The topological polar surface area (TPSA) is 58.2 Å². The van der Waals surface area contributed by atoms with E-state index < -0.39 is 5.92 Å². The molecule has 1 aliphatic heterocycles. The average Bonchev–Trinajstić information content (AvgIpc) is 2.74. The number of amides is 1. The number of nitrogens with one attached hydrogen (secondary N) is 2. The lowest BCUT2D eigenvalue weighted by Crippen LogP contribution is -2.35. The monoisotopic (exact) mass is 422 g/mol. The van der Waals surface area contributed by atoms with Gasteiger partial charge < -0.3 is 10.6 Å². The second kappa shape index (κ2) is 8.48. The van der Waals surface area contributed by atoms with Crippen LogP contribution in [0.5, 0.6) is 0 Å². The van der Waals surface area contributed by atoms with Gasteiger partial charge in [0.2, 0.25) is 0 Å². The summed E-state index contributed by atoms with van der Waals surface area (Å²) in [7, 11) is 0. The minimum Gasteiger partial charge on any atom is -0.362 e. The van der Waals surface area contributed by atoms with Crippen molar-refractivity contribution >= 4 is 29.1 Å². The van der Waals surface area contributed by atoms with Crippen molar-refractivity contribution in [3.05, 3.63) is 82.5 Å². The van der Waals surface area contributed by atoms with Crippen molar-refractivity contribution in [3.63, 3.8) is 0 Å². The molecule has 0 spiro atoms. The number of thioether (sulfide) groups is 1. The van der Waals surface area contributed by atoms with E-state index in [-0.39, 0.29) is 17.5 Å². The maximum absolute atomic E-state index is 13.3. The van der Waals surface area contributed by atoms with Gasteiger partial charge in [-0.05, 0) is 68.0 Å². The first-order valence-corrected chi connectivity index (χ1v) is 11.2. The molecule has 0 unspecified atom stereocenters. The summed E-state index contributed by atoms with van der Waals surface area (Å²) < 4.78 is 13.2. The number of ketones is 1. The summed E-state index contributed by atoms with van der Waals surface area (Å²) in [5, 5.41) is 6.17. The molecular formula is C24H23FN2O2S. The Bertz CT molecular complexity index is 1060. The Labute approximate surface area is 179 Å². The van der Waals surface area contributed by atoms with E-state index in [1.807, 2.05) is 37.4 Å². The minimum atomic E-state index is -0.426. The lowest BCUT2D eigenvalue weighted by atomic mass is 9.75. The number of allylic oxidation sites excluding steroid dienone is 3. The highest BCUT2D eigenvalue weighted by Gasteiger charge is 2.38. The minimum absolute atomic E-state index is 0.0854. The number of hydrogen-bond acceptors (Lipinski definition) is 4. The van der Waals surface area contributed by atoms with Crippen LogP contribution in [0.2, 0.25) is 0 Å². The fourth-order valence-electron chi connectivity index (χ4n) is 4.15. The summed E-state index contributed by atoms with van der Waals surface area (Å²) in [6, 6.07) is 13.7. The normalized spacial score (nSPS) is 18.8. The number of hydrogen-bond donors (Lipinski definition) is 2. The molecule has 2 aromatic rings. The third-order valence-corrected chi connectivity index (χ3v) is 6.32. The van der Waals surface area contributed by atoms with E-state index in [2.05, 4.69) is 10.6 Å². The Morgan fingerprint density at radius 1 is 1.10 bits per heavy atom. The molecule has 2 aliphatic rings. The van der Waals surface area contributed by atoms with Crippen molar-refractivity contribution in [2.75, 3.05) is 11.6 Å². The van der Waals surface area contributed by atoms with Gasteiger partial charge in [0.25, 0.3) is 5.91 Å². The van der Waals surface area contributed by atoms with Crippen molar-refractivity contribution in [1.82, 2.24) is 5.32 Å². The summed E-state index contributed by atoms with van der Waals surface area (Å²) in [5.41, 5.74) is 4.29. The number of dihydropyridines is 1. The summed E-state index contributed by atoms with van der Waals surface area (Å²) in [6.07, 6.45) is 4.11. The fourth-order valence-corrected chi connectivity index (χ4v) is 4.55. The quantitative estimate of drug-likeness (QED) is 0.669. The van der Waals surface area contributed by atoms with Crippen molar-refractivity contribution in [3.8, 4) is 0 Å². The Morgan fingerprint density at radius 2 is 1.80 bits per heavy atom. The van der Waals surface area contributed by atoms with Crippen LogP contribution >= 0.6 is 11.8 Å². The van der Waals surface area contributed by atoms with Gasteiger partial charge in [-0.1, -0.05) is 12.1 Å². The molecule has 0 aromatic heterocycles. The first-order chi connectivity index (χ1) is 14.5. The van der Waals surface area contributed by atoms with Crippen molar-refractivity contribution in [1.29, 1.82) is 0 Å². The second-order valence-electron chi connectivity index (χ2n) is 7.50. The van der Waals surface area contributed by atoms with E-state index in [0.717, 1.165) is 34.7 Å². The van der Waals surface area contributed by atoms with E-state index >= 15 is 0 Å². The molecule has 154 valence electrons. The highest BCUT2D eigenvalue weighted by Crippen LogP contribution is 2.42. The van der Waals surface area contributed by atoms with Crippen LogP contribution in [0.3, 0.4) is 0 Å². The van der Waals surface area contributed by atoms with Gasteiger partial charge in [0.1, 0.15) is 5.82 Å². The average molecular weight is 423 g/mol. The number of rotatable bonds is 4. The highest BCUT2D eigenvalue weighted by molar-refractivity contribution is 7.98. The molecule has 30 heavy (non-hydrogen) atoms. The Hall–Kier alpha value is -2.86. The van der Waals surface area contributed by atoms with Crippen molar-refractivity contribution < 1.29 is 14.0 Å². The highest BCUT2D eigenvalue weighted by atomic mass is 32.2. The Morgan fingerprint density at radius 3 is 2.47 bits per heavy atom. The van der Waals surface area contributed by atoms with Gasteiger partial charge in [-0.15, -0.1) is 11.8 Å². The van der Waals surface area contributed by atoms with E-state index in [9.17, 15) is 14.0 Å². The summed E-state index contributed by atoms with van der Waals surface area (Å²) in [6.45, 7) is 1.87. The maximum atomic E-state index is 13.3. The molecule has 6 heteroatoms. The zero-order chi connectivity index (χ0) is 21.3. The predicted octanol–water partition coefficient (Wildman–Crippen LogP) is 5.15. The molecule has 0 saturated heterocycles. The van der Waals surface area contributed by atoms with Gasteiger partial charge in [0.05, 0.1) is 0 Å². The van der Waals surface area contributed by atoms with Crippen LogP contribution in [0.25, 0.3) is 0 Å². The first kappa shape index (κ1) is 20.4. The van der Waals surface area contributed by atoms with Crippen molar-refractivity contribution in [2.24, 2.45) is 0 Å². The molecule has 0 saturated carbocycles. The Kier molecular flexibility index (Phi) is 5.77. The van der Waals surface area contributed by atoms with Gasteiger partial charge >= 0.3 is 0 Å². The SMILES string of the molecule is CSc1ccc([C@@H]2C(C(=O)Nc3ccc(F)cc3)=C(C)NC3=C2C(=O)CCC3)cc1. The number of carbonyl (C=O) groups excluding carboxylic acids is 2. The largest absolute Gasteiger partial charge is 0.362 e. The summed E-state index contributed by atoms with van der Waals surface area (Å²) >= 11 is 1.64. The molecule has 0 radical (unpaired) electrons. The van der Waals surface area contributed by atoms with Crippen LogP contribution in [0.15, 0.2) is 76.0 Å². The summed E-state index contributed by atoms with van der Waals surface area (Å²) in [4.78, 5) is 27.3. The van der Waals surface area contributed by atoms with Gasteiger partial charge in [-0.3, -0.25) is 9.59 Å². The number of halogens is 1. The molecule has 0 bridgehead atoms. The molecule has 2 N–H and O–H groups in total. The molecule has 0 fully saturated rings. The molecule has 1 aliphatic carbocycles. The van der Waals surface area contributed by atoms with Crippen molar-refractivity contribution in [2.45, 2.75) is 37.0 Å². The van der Waals surface area contributed by atoms with Gasteiger partial charge in [0.15, 0.2) is 5.78 Å². The van der Waals surface area contributed by atoms with Gasteiger partial charge in [-0.25, -0.2) is 4.39 Å². The molecular weight excluding hydrogens is 399 g/mol. The van der Waals surface area contributed by atoms with Crippen LogP contribution < -0.4 is 10.6 Å². The lowest BCUT2D eigenvalue weighted by molar-refractivity contribution is -0.116. The standard InChI is InChI=1S/C24H23FN2O2S/c1-14-21(24(29)27-17-10-8-16(25)9-11-17)22(15-6-12-18(30-2)13-7-15)23-19(26-14)4-3-5-20(23)28/h6-13,22,26H,3-5H2,1-2H3,(H,27,29)/t22-/m1/s1. The number of carbonyl (C=O) groups is 2. The Balaban J connectivity index is 1.76. The maximum Gasteiger partial charge on any atom is 0.254 e. The fraction of sp³-hybridized carbons (Fsp3) is 0.250. The zero-order valence-corrected chi connectivity index (χ0v) is 17.7. The van der Waals surface area contributed by atoms with E-state index in [0.29, 0.717) is 23.3 Å². The lowest BCUT2D eigenvalue weighted by Gasteiger charge is -2.34. The number of anilines is 1. The van der Waals surface area contributed by atoms with Crippen LogP contribution in [0.4, 0.5) is 10.1 Å². The molecule has 1 atom stereocenters. The first-order valence-electron chi connectivity index (χ1n) is 9.93. The molecule has 4 nitrogen and oxygen atoms in total. The van der Waals surface area contributed by atoms with Crippen LogP contribution in [-0.2, 0) is 9.59 Å². The third kappa shape index (κ3) is 3.92. The molecule has 2 aromatic carbocycles. The number of Topliss-reactive ketones (excluding diaryl/α,β-unsaturated/α-hetero) is 1. The van der Waals surface area contributed by atoms with Crippen LogP contribution in [-0.4, -0.2) is 17.9 Å². The third-order valence-electron chi connectivity index (χ3n) is 5.57. The van der Waals surface area contributed by atoms with E-state index in [1.165, 1.54) is 24.3 Å². The summed E-state index contributed by atoms with van der Waals surface area (Å²) in [5.74, 6) is -1.000. The van der Waals surface area contributed by atoms with Gasteiger partial charge in [-0.2, -0.15) is 0 Å². The van der Waals surface area contributed by atoms with E-state index in [4.69, 9.17) is 0 Å². The molecule has 1 heterocycles. The molecule has 1 amide bonds. The predicted molar refractivity (Wildman–Crippen MR) is 118 cm³/mol. The molecule has 4 rings (SSSR count). The van der Waals surface area contributed by atoms with Crippen LogP contribution in [0, 0.1) is 5.82 Å².